The lowest BCUT2D eigenvalue weighted by molar-refractivity contribution is -0.138. The van der Waals surface area contributed by atoms with Gasteiger partial charge in [0.15, 0.2) is 5.71 Å². The molecule has 0 aliphatic carbocycles. The Morgan fingerprint density at radius 2 is 2.00 bits per heavy atom. The number of hydrogen-bond donors (Lipinski definition) is 1. The van der Waals surface area contributed by atoms with Crippen LogP contribution in [-0.4, -0.2) is 29.6 Å². The first-order valence-electron chi connectivity index (χ1n) is 6.74. The molecule has 0 amide bonds. The van der Waals surface area contributed by atoms with Crippen molar-refractivity contribution in [3.05, 3.63) is 46.2 Å². The maximum absolute atomic E-state index is 13.2. The van der Waals surface area contributed by atoms with Crippen LogP contribution in [0.4, 0.5) is 13.2 Å². The Morgan fingerprint density at radius 1 is 1.39 bits per heavy atom. The molecule has 1 aliphatic rings. The highest BCUT2D eigenvalue weighted by Crippen LogP contribution is 2.36. The van der Waals surface area contributed by atoms with E-state index in [4.69, 9.17) is 11.6 Å². The molecule has 0 saturated carbocycles. The van der Waals surface area contributed by atoms with Gasteiger partial charge in [0, 0.05) is 11.4 Å². The molecule has 0 aromatic heterocycles. The zero-order valence-corrected chi connectivity index (χ0v) is 12.8. The predicted molar refractivity (Wildman–Crippen MR) is 78.6 cm³/mol. The van der Waals surface area contributed by atoms with Crippen LogP contribution in [0.1, 0.15) is 24.9 Å². The molecule has 1 atom stereocenters. The second-order valence-corrected chi connectivity index (χ2v) is 5.23. The number of carbonyl (C=O) groups is 1. The highest BCUT2D eigenvalue weighted by atomic mass is 35.5. The lowest BCUT2D eigenvalue weighted by atomic mass is 9.95. The molecule has 1 aromatic rings. The van der Waals surface area contributed by atoms with Gasteiger partial charge in [0.05, 0.1) is 12.6 Å². The number of aliphatic imine (C=N–C) groups is 1. The second-order valence-electron chi connectivity index (χ2n) is 4.79. The van der Waals surface area contributed by atoms with Crippen LogP contribution in [0, 0.1) is 0 Å². The lowest BCUT2D eigenvalue weighted by Crippen LogP contribution is -2.33. The molecule has 1 heterocycles. The van der Waals surface area contributed by atoms with E-state index in [1.165, 1.54) is 31.2 Å². The van der Waals surface area contributed by atoms with E-state index in [0.29, 0.717) is 10.6 Å². The van der Waals surface area contributed by atoms with Crippen molar-refractivity contribution in [2.75, 3.05) is 6.61 Å². The van der Waals surface area contributed by atoms with Gasteiger partial charge in [-0.3, -0.25) is 4.99 Å². The number of nitrogens with zero attached hydrogens (tertiary/aromatic N) is 1. The maximum atomic E-state index is 13.2. The minimum Gasteiger partial charge on any atom is -0.511 e. The van der Waals surface area contributed by atoms with Gasteiger partial charge in [0.1, 0.15) is 11.3 Å². The number of carbonyl (C=O) groups excluding carboxylic acids is 1. The van der Waals surface area contributed by atoms with E-state index >= 15 is 0 Å². The Morgan fingerprint density at radius 3 is 2.52 bits per heavy atom. The summed E-state index contributed by atoms with van der Waals surface area (Å²) in [4.78, 5) is 15.3. The van der Waals surface area contributed by atoms with Crippen LogP contribution < -0.4 is 0 Å². The number of hydrogen-bond acceptors (Lipinski definition) is 4. The van der Waals surface area contributed by atoms with Crippen LogP contribution in [0.15, 0.2) is 40.6 Å². The van der Waals surface area contributed by atoms with E-state index in [9.17, 15) is 23.1 Å². The van der Waals surface area contributed by atoms with E-state index < -0.39 is 35.2 Å². The monoisotopic (exact) mass is 347 g/mol. The standard InChI is InChI=1S/C15H13ClF3NO3/c1-2-23-14(22)12-11(21)7-10(20-13(12)15(17,18)19)8-3-5-9(16)6-4-8/h3-6,10,21H,2,7H2,1H3. The van der Waals surface area contributed by atoms with Crippen LogP contribution >= 0.6 is 11.6 Å². The van der Waals surface area contributed by atoms with E-state index in [0.717, 1.165) is 0 Å². The van der Waals surface area contributed by atoms with Gasteiger partial charge < -0.3 is 9.84 Å². The van der Waals surface area contributed by atoms with Crippen LogP contribution in [0.3, 0.4) is 0 Å². The van der Waals surface area contributed by atoms with E-state index in [2.05, 4.69) is 9.73 Å². The average molecular weight is 348 g/mol. The fraction of sp³-hybridized carbons (Fsp3) is 0.333. The van der Waals surface area contributed by atoms with Crippen molar-refractivity contribution in [1.82, 2.24) is 0 Å². The first-order chi connectivity index (χ1) is 10.7. The molecule has 0 fully saturated rings. The SMILES string of the molecule is CCOC(=O)C1=C(O)CC(c2ccc(Cl)cc2)N=C1C(F)(F)F. The number of benzene rings is 1. The van der Waals surface area contributed by atoms with Crippen LogP contribution in [-0.2, 0) is 9.53 Å². The molecule has 1 unspecified atom stereocenters. The second kappa shape index (κ2) is 6.62. The first-order valence-corrected chi connectivity index (χ1v) is 7.12. The molecule has 8 heteroatoms. The quantitative estimate of drug-likeness (QED) is 0.835. The summed E-state index contributed by atoms with van der Waals surface area (Å²) in [6.07, 6.45) is -5.11. The summed E-state index contributed by atoms with van der Waals surface area (Å²) in [5, 5.41) is 10.4. The van der Waals surface area contributed by atoms with Gasteiger partial charge in [0.25, 0.3) is 0 Å². The van der Waals surface area contributed by atoms with Crippen molar-refractivity contribution in [3.8, 4) is 0 Å². The van der Waals surface area contributed by atoms with Gasteiger partial charge >= 0.3 is 12.1 Å². The molecule has 0 spiro atoms. The summed E-state index contributed by atoms with van der Waals surface area (Å²) in [6.45, 7) is 1.35. The van der Waals surface area contributed by atoms with Crippen LogP contribution in [0.5, 0.6) is 0 Å². The number of dihydropyridines is 1. The minimum absolute atomic E-state index is 0.110. The Labute approximate surface area is 135 Å². The summed E-state index contributed by atoms with van der Waals surface area (Å²) in [5.74, 6) is -1.93. The van der Waals surface area contributed by atoms with Gasteiger partial charge in [-0.05, 0) is 24.6 Å². The average Bonchev–Trinajstić information content (AvgIpc) is 2.46. The highest BCUT2D eigenvalue weighted by molar-refractivity contribution is 6.30. The first kappa shape index (κ1) is 17.3. The third-order valence-corrected chi connectivity index (χ3v) is 3.45. The number of alkyl halides is 3. The molecule has 4 nitrogen and oxygen atoms in total. The summed E-state index contributed by atoms with van der Waals surface area (Å²) >= 11 is 5.74. The number of halogens is 4. The molecule has 1 aromatic carbocycles. The van der Waals surface area contributed by atoms with Gasteiger partial charge in [-0.25, -0.2) is 4.79 Å². The Kier molecular flexibility index (Phi) is 4.99. The van der Waals surface area contributed by atoms with Crippen molar-refractivity contribution < 1.29 is 27.8 Å². The molecule has 1 aliphatic heterocycles. The van der Waals surface area contributed by atoms with Crippen molar-refractivity contribution in [2.24, 2.45) is 4.99 Å². The normalized spacial score (nSPS) is 18.7. The summed E-state index contributed by atoms with van der Waals surface area (Å²) < 4.78 is 44.2. The van der Waals surface area contributed by atoms with Crippen molar-refractivity contribution in [1.29, 1.82) is 0 Å². The smallest absolute Gasteiger partial charge is 0.433 e. The molecular formula is C15H13ClF3NO3. The number of ether oxygens (including phenoxy) is 1. The van der Waals surface area contributed by atoms with Gasteiger partial charge in [-0.1, -0.05) is 23.7 Å². The highest BCUT2D eigenvalue weighted by Gasteiger charge is 2.45. The van der Waals surface area contributed by atoms with Crippen molar-refractivity contribution in [2.45, 2.75) is 25.6 Å². The third-order valence-electron chi connectivity index (χ3n) is 3.20. The van der Waals surface area contributed by atoms with Crippen molar-refractivity contribution in [3.63, 3.8) is 0 Å². The molecule has 124 valence electrons. The summed E-state index contributed by atoms with van der Waals surface area (Å²) in [6, 6.07) is 5.12. The predicted octanol–water partition coefficient (Wildman–Crippen LogP) is 4.16. The third kappa shape index (κ3) is 3.85. The molecule has 1 N–H and O–H groups in total. The van der Waals surface area contributed by atoms with E-state index in [1.807, 2.05) is 0 Å². The topological polar surface area (TPSA) is 58.9 Å². The maximum Gasteiger partial charge on any atom is 0.433 e. The van der Waals surface area contributed by atoms with Crippen LogP contribution in [0.2, 0.25) is 5.02 Å². The number of esters is 1. The van der Waals surface area contributed by atoms with Gasteiger partial charge in [-0.2, -0.15) is 13.2 Å². The molecule has 0 saturated heterocycles. The van der Waals surface area contributed by atoms with E-state index in [1.54, 1.807) is 0 Å². The molecular weight excluding hydrogens is 335 g/mol. The molecule has 2 rings (SSSR count). The Hall–Kier alpha value is -2.02. The fourth-order valence-electron chi connectivity index (χ4n) is 2.20. The summed E-state index contributed by atoms with van der Waals surface area (Å²) in [5.41, 5.74) is -1.91. The summed E-state index contributed by atoms with van der Waals surface area (Å²) in [7, 11) is 0. The molecule has 0 radical (unpaired) electrons. The number of aliphatic hydroxyl groups is 1. The minimum atomic E-state index is -4.89. The van der Waals surface area contributed by atoms with Gasteiger partial charge in [-0.15, -0.1) is 0 Å². The number of rotatable bonds is 3. The largest absolute Gasteiger partial charge is 0.511 e. The molecule has 23 heavy (non-hydrogen) atoms. The fourth-order valence-corrected chi connectivity index (χ4v) is 2.32. The Bertz CT molecular complexity index is 666. The van der Waals surface area contributed by atoms with Crippen LogP contribution in [0.25, 0.3) is 0 Å². The zero-order valence-electron chi connectivity index (χ0n) is 12.0. The Balaban J connectivity index is 2.45. The number of aliphatic hydroxyl groups excluding tert-OH is 1. The lowest BCUT2D eigenvalue weighted by Gasteiger charge is -2.24. The molecule has 0 bridgehead atoms. The van der Waals surface area contributed by atoms with Crippen molar-refractivity contribution >= 4 is 23.3 Å². The van der Waals surface area contributed by atoms with Gasteiger partial charge in [0.2, 0.25) is 0 Å². The zero-order chi connectivity index (χ0) is 17.2. The van der Waals surface area contributed by atoms with E-state index in [-0.39, 0.29) is 13.0 Å².